The number of hydrogen-bond donors (Lipinski definition) is 3. The number of aromatic nitrogens is 2. The van der Waals surface area contributed by atoms with Crippen molar-refractivity contribution in [1.82, 2.24) is 15.5 Å². The predicted octanol–water partition coefficient (Wildman–Crippen LogP) is 1.67. The van der Waals surface area contributed by atoms with Crippen LogP contribution in [0.2, 0.25) is 0 Å². The lowest BCUT2D eigenvalue weighted by Gasteiger charge is -2.19. The number of amides is 1. The van der Waals surface area contributed by atoms with Gasteiger partial charge in [0.15, 0.2) is 0 Å². The number of nitrogens with two attached hydrogens (primary N) is 1. The van der Waals surface area contributed by atoms with Gasteiger partial charge in [-0.05, 0) is 32.4 Å². The molecule has 0 bridgehead atoms. The molecule has 0 aliphatic rings. The van der Waals surface area contributed by atoms with Crippen LogP contribution in [0.1, 0.15) is 29.4 Å². The summed E-state index contributed by atoms with van der Waals surface area (Å²) in [5.74, 6) is -0.167. The highest BCUT2D eigenvalue weighted by Gasteiger charge is 2.21. The topological polar surface area (TPSA) is 87.0 Å². The molecule has 0 aliphatic carbocycles. The van der Waals surface area contributed by atoms with Gasteiger partial charge >= 0.3 is 0 Å². The number of benzene rings is 1. The van der Waals surface area contributed by atoms with Gasteiger partial charge in [0.05, 0.1) is 5.69 Å². The van der Waals surface area contributed by atoms with E-state index in [-0.39, 0.29) is 5.91 Å². The molecule has 0 unspecified atom stereocenters. The van der Waals surface area contributed by atoms with Crippen LogP contribution in [0.15, 0.2) is 30.3 Å². The molecule has 1 heterocycles. The molecule has 23 heavy (non-hydrogen) atoms. The van der Waals surface area contributed by atoms with E-state index in [2.05, 4.69) is 32.5 Å². The number of aromatic amines is 1. The lowest BCUT2D eigenvalue weighted by atomic mass is 10.1. The van der Waals surface area contributed by atoms with Crippen molar-refractivity contribution in [3.05, 3.63) is 47.3 Å². The molecule has 2 aromatic rings. The summed E-state index contributed by atoms with van der Waals surface area (Å²) in [6.45, 7) is 5.18. The van der Waals surface area contributed by atoms with Crippen molar-refractivity contribution >= 4 is 11.6 Å². The van der Waals surface area contributed by atoms with E-state index in [4.69, 9.17) is 5.73 Å². The van der Waals surface area contributed by atoms with Crippen molar-refractivity contribution in [2.45, 2.75) is 26.3 Å². The minimum atomic E-state index is -0.680. The van der Waals surface area contributed by atoms with Crippen LogP contribution in [-0.4, -0.2) is 36.2 Å². The van der Waals surface area contributed by atoms with Crippen molar-refractivity contribution in [3.8, 4) is 0 Å². The quantitative estimate of drug-likeness (QED) is 0.678. The number of para-hydroxylation sites is 1. The maximum atomic E-state index is 12.2. The fourth-order valence-corrected chi connectivity index (χ4v) is 2.60. The molecular formula is C17H25N5O. The van der Waals surface area contributed by atoms with Crippen molar-refractivity contribution in [3.63, 3.8) is 0 Å². The Balaban J connectivity index is 1.77. The fraction of sp³-hybridized carbons (Fsp3) is 0.412. The Morgan fingerprint density at radius 2 is 2.04 bits per heavy atom. The first-order valence-electron chi connectivity index (χ1n) is 7.81. The molecule has 1 atom stereocenters. The zero-order valence-electron chi connectivity index (χ0n) is 14.0. The van der Waals surface area contributed by atoms with Crippen molar-refractivity contribution in [1.29, 1.82) is 0 Å². The second-order valence-electron chi connectivity index (χ2n) is 5.73. The third kappa shape index (κ3) is 4.32. The zero-order chi connectivity index (χ0) is 16.8. The Labute approximate surface area is 137 Å². The van der Waals surface area contributed by atoms with E-state index < -0.39 is 6.04 Å². The molecule has 1 aromatic carbocycles. The number of nitrogens with one attached hydrogen (secondary N) is 2. The highest BCUT2D eigenvalue weighted by molar-refractivity contribution is 5.83. The second-order valence-corrected chi connectivity index (χ2v) is 5.73. The molecular weight excluding hydrogens is 290 g/mol. The van der Waals surface area contributed by atoms with E-state index in [1.807, 2.05) is 39.1 Å². The molecule has 2 rings (SSSR count). The Hall–Kier alpha value is -2.34. The maximum absolute atomic E-state index is 12.2. The van der Waals surface area contributed by atoms with E-state index >= 15 is 0 Å². The van der Waals surface area contributed by atoms with Crippen LogP contribution in [-0.2, 0) is 4.79 Å². The first-order valence-corrected chi connectivity index (χ1v) is 7.81. The number of hydrogen-bond acceptors (Lipinski definition) is 4. The van der Waals surface area contributed by atoms with Crippen molar-refractivity contribution in [2.75, 3.05) is 25.0 Å². The summed E-state index contributed by atoms with van der Waals surface area (Å²) in [6.07, 6.45) is 0.854. The smallest absolute Gasteiger partial charge is 0.241 e. The zero-order valence-corrected chi connectivity index (χ0v) is 14.0. The van der Waals surface area contributed by atoms with Crippen LogP contribution < -0.4 is 16.0 Å². The molecule has 0 fully saturated rings. The monoisotopic (exact) mass is 315 g/mol. The summed E-state index contributed by atoms with van der Waals surface area (Å²) < 4.78 is 0. The number of aryl methyl sites for hydroxylation is 2. The van der Waals surface area contributed by atoms with Gasteiger partial charge in [0.1, 0.15) is 6.04 Å². The maximum Gasteiger partial charge on any atom is 0.241 e. The van der Waals surface area contributed by atoms with E-state index in [0.29, 0.717) is 6.54 Å². The van der Waals surface area contributed by atoms with Gasteiger partial charge in [-0.15, -0.1) is 0 Å². The minimum Gasteiger partial charge on any atom is -0.375 e. The number of nitrogens with zero attached hydrogens (tertiary/aromatic N) is 2. The summed E-state index contributed by atoms with van der Waals surface area (Å²) in [6, 6.07) is 9.49. The summed E-state index contributed by atoms with van der Waals surface area (Å²) in [5, 5.41) is 9.84. The first-order chi connectivity index (χ1) is 11.0. The number of anilines is 1. The van der Waals surface area contributed by atoms with E-state index in [1.54, 1.807) is 0 Å². The van der Waals surface area contributed by atoms with Gasteiger partial charge < -0.3 is 16.0 Å². The van der Waals surface area contributed by atoms with Crippen LogP contribution in [0.5, 0.6) is 0 Å². The van der Waals surface area contributed by atoms with Crippen LogP contribution in [0.25, 0.3) is 0 Å². The molecule has 0 saturated carbocycles. The lowest BCUT2D eigenvalue weighted by molar-refractivity contribution is -0.122. The van der Waals surface area contributed by atoms with Crippen LogP contribution in [0, 0.1) is 13.8 Å². The first kappa shape index (κ1) is 17.0. The summed E-state index contributed by atoms with van der Waals surface area (Å²) in [5.41, 5.74) is 9.60. The Morgan fingerprint density at radius 3 is 2.65 bits per heavy atom. The van der Waals surface area contributed by atoms with Gasteiger partial charge in [-0.1, -0.05) is 18.2 Å². The molecule has 1 amide bonds. The van der Waals surface area contributed by atoms with Gasteiger partial charge in [0.25, 0.3) is 0 Å². The predicted molar refractivity (Wildman–Crippen MR) is 92.3 cm³/mol. The summed E-state index contributed by atoms with van der Waals surface area (Å²) in [7, 11) is 2.04. The third-order valence-electron chi connectivity index (χ3n) is 3.95. The van der Waals surface area contributed by atoms with Crippen molar-refractivity contribution in [2.24, 2.45) is 5.73 Å². The highest BCUT2D eigenvalue weighted by Crippen LogP contribution is 2.17. The largest absolute Gasteiger partial charge is 0.375 e. The van der Waals surface area contributed by atoms with E-state index in [1.165, 1.54) is 5.69 Å². The molecule has 0 spiro atoms. The van der Waals surface area contributed by atoms with Gasteiger partial charge in [0.2, 0.25) is 5.91 Å². The van der Waals surface area contributed by atoms with Crippen LogP contribution in [0.3, 0.4) is 0 Å². The summed E-state index contributed by atoms with van der Waals surface area (Å²) >= 11 is 0. The van der Waals surface area contributed by atoms with Gasteiger partial charge in [-0.3, -0.25) is 9.89 Å². The fourth-order valence-electron chi connectivity index (χ4n) is 2.60. The molecule has 0 saturated heterocycles. The number of H-pyrrole nitrogens is 1. The average molecular weight is 315 g/mol. The van der Waals surface area contributed by atoms with Gasteiger partial charge in [-0.25, -0.2) is 0 Å². The summed E-state index contributed by atoms with van der Waals surface area (Å²) in [4.78, 5) is 14.3. The molecule has 0 aliphatic heterocycles. The normalized spacial score (nSPS) is 12.0. The van der Waals surface area contributed by atoms with E-state index in [0.717, 1.165) is 29.9 Å². The Kier molecular flexibility index (Phi) is 5.76. The lowest BCUT2D eigenvalue weighted by Crippen LogP contribution is -2.36. The van der Waals surface area contributed by atoms with E-state index in [9.17, 15) is 4.79 Å². The second kappa shape index (κ2) is 7.78. The average Bonchev–Trinajstić information content (AvgIpc) is 2.90. The standard InChI is InChI=1S/C17H25N5O/c1-12-15(13(2)21-20-12)16(18)17(23)19-10-7-11-22(3)14-8-5-4-6-9-14/h4-6,8-9,16H,7,10-11,18H2,1-3H3,(H,19,23)(H,20,21)/t16-/m1/s1. The molecule has 0 radical (unpaired) electrons. The highest BCUT2D eigenvalue weighted by atomic mass is 16.2. The third-order valence-corrected chi connectivity index (χ3v) is 3.95. The minimum absolute atomic E-state index is 0.167. The van der Waals surface area contributed by atoms with Crippen molar-refractivity contribution < 1.29 is 4.79 Å². The SMILES string of the molecule is Cc1n[nH]c(C)c1[C@@H](N)C(=O)NCCCN(C)c1ccccc1. The number of rotatable bonds is 7. The number of carbonyl (C=O) groups excluding carboxylic acids is 1. The van der Waals surface area contributed by atoms with Crippen LogP contribution >= 0.6 is 0 Å². The Morgan fingerprint density at radius 1 is 1.35 bits per heavy atom. The Bertz CT molecular complexity index is 618. The molecule has 124 valence electrons. The molecule has 6 nitrogen and oxygen atoms in total. The van der Waals surface area contributed by atoms with Gasteiger partial charge in [-0.2, -0.15) is 5.10 Å². The molecule has 6 heteroatoms. The van der Waals surface area contributed by atoms with Crippen LogP contribution in [0.4, 0.5) is 5.69 Å². The molecule has 1 aromatic heterocycles. The molecule has 4 N–H and O–H groups in total. The van der Waals surface area contributed by atoms with Gasteiger partial charge in [0, 0.05) is 37.1 Å². The number of carbonyl (C=O) groups is 1.